The lowest BCUT2D eigenvalue weighted by Crippen LogP contribution is -2.19. The quantitative estimate of drug-likeness (QED) is 0.803. The second kappa shape index (κ2) is 4.70. The van der Waals surface area contributed by atoms with Crippen LogP contribution >= 0.6 is 0 Å². The molecule has 0 aromatic carbocycles. The Kier molecular flexibility index (Phi) is 3.30. The van der Waals surface area contributed by atoms with Gasteiger partial charge < -0.3 is 5.73 Å². The molecule has 1 aromatic rings. The van der Waals surface area contributed by atoms with Crippen LogP contribution in [0, 0.1) is 5.92 Å². The molecule has 0 bridgehead atoms. The number of hydrogen-bond donors (Lipinski definition) is 1. The maximum atomic E-state index is 5.52. The van der Waals surface area contributed by atoms with Gasteiger partial charge in [0.25, 0.3) is 0 Å². The number of aromatic nitrogens is 4. The third-order valence-corrected chi connectivity index (χ3v) is 3.28. The van der Waals surface area contributed by atoms with E-state index in [2.05, 4.69) is 22.4 Å². The van der Waals surface area contributed by atoms with Crippen molar-refractivity contribution in [2.75, 3.05) is 6.54 Å². The van der Waals surface area contributed by atoms with E-state index in [1.54, 1.807) is 0 Å². The molecule has 84 valence electrons. The van der Waals surface area contributed by atoms with Crippen LogP contribution in [0.4, 0.5) is 0 Å². The molecule has 0 aliphatic heterocycles. The van der Waals surface area contributed by atoms with Crippen molar-refractivity contribution in [1.29, 1.82) is 0 Å². The molecule has 1 heterocycles. The number of rotatable bonds is 3. The van der Waals surface area contributed by atoms with Gasteiger partial charge in [0.1, 0.15) is 0 Å². The largest absolute Gasteiger partial charge is 0.329 e. The van der Waals surface area contributed by atoms with E-state index in [0.29, 0.717) is 12.5 Å². The Labute approximate surface area is 90.0 Å². The Morgan fingerprint density at radius 3 is 2.73 bits per heavy atom. The topological polar surface area (TPSA) is 69.6 Å². The second-order valence-corrected chi connectivity index (χ2v) is 4.51. The Balaban J connectivity index is 2.05. The van der Waals surface area contributed by atoms with Gasteiger partial charge >= 0.3 is 0 Å². The molecule has 15 heavy (non-hydrogen) atoms. The van der Waals surface area contributed by atoms with Crippen LogP contribution < -0.4 is 5.73 Å². The van der Waals surface area contributed by atoms with Gasteiger partial charge in [-0.2, -0.15) is 0 Å². The first-order chi connectivity index (χ1) is 7.31. The lowest BCUT2D eigenvalue weighted by Gasteiger charge is -2.25. The van der Waals surface area contributed by atoms with Crippen LogP contribution in [-0.4, -0.2) is 26.8 Å². The number of nitrogens with zero attached hydrogens (tertiary/aromatic N) is 4. The highest BCUT2D eigenvalue weighted by molar-refractivity contribution is 4.95. The minimum Gasteiger partial charge on any atom is -0.329 e. The molecule has 0 radical (unpaired) electrons. The van der Waals surface area contributed by atoms with Crippen LogP contribution in [-0.2, 0) is 6.54 Å². The molecule has 0 spiro atoms. The maximum absolute atomic E-state index is 5.52. The second-order valence-electron chi connectivity index (χ2n) is 4.51. The van der Waals surface area contributed by atoms with Gasteiger partial charge in [0, 0.05) is 12.5 Å². The van der Waals surface area contributed by atoms with Crippen LogP contribution in [0.25, 0.3) is 0 Å². The number of hydrogen-bond acceptors (Lipinski definition) is 4. The Hall–Kier alpha value is -0.970. The average molecular weight is 209 g/mol. The van der Waals surface area contributed by atoms with Crippen molar-refractivity contribution in [1.82, 2.24) is 20.2 Å². The molecule has 0 saturated heterocycles. The van der Waals surface area contributed by atoms with Gasteiger partial charge in [0.15, 0.2) is 5.82 Å². The lowest BCUT2D eigenvalue weighted by molar-refractivity contribution is 0.331. The van der Waals surface area contributed by atoms with E-state index in [4.69, 9.17) is 5.73 Å². The molecule has 1 saturated carbocycles. The zero-order chi connectivity index (χ0) is 10.7. The monoisotopic (exact) mass is 209 g/mol. The molecular weight excluding hydrogens is 190 g/mol. The van der Waals surface area contributed by atoms with Crippen LogP contribution in [0.3, 0.4) is 0 Å². The van der Waals surface area contributed by atoms with Crippen molar-refractivity contribution < 1.29 is 0 Å². The number of nitrogens with two attached hydrogens (primary N) is 1. The Morgan fingerprint density at radius 2 is 2.07 bits per heavy atom. The van der Waals surface area contributed by atoms with Crippen molar-refractivity contribution in [3.8, 4) is 0 Å². The van der Waals surface area contributed by atoms with Gasteiger partial charge in [-0.1, -0.05) is 19.8 Å². The molecule has 1 fully saturated rings. The zero-order valence-corrected chi connectivity index (χ0v) is 9.26. The van der Waals surface area contributed by atoms with Crippen molar-refractivity contribution in [2.45, 2.75) is 45.1 Å². The summed E-state index contributed by atoms with van der Waals surface area (Å²) in [5, 5.41) is 11.8. The summed E-state index contributed by atoms with van der Waals surface area (Å²) in [5.41, 5.74) is 5.52. The highest BCUT2D eigenvalue weighted by Crippen LogP contribution is 2.34. The van der Waals surface area contributed by atoms with Gasteiger partial charge in [-0.05, 0) is 29.2 Å². The van der Waals surface area contributed by atoms with E-state index < -0.39 is 0 Å². The van der Waals surface area contributed by atoms with Gasteiger partial charge in [-0.3, -0.25) is 0 Å². The van der Waals surface area contributed by atoms with E-state index in [0.717, 1.165) is 18.3 Å². The summed E-state index contributed by atoms with van der Waals surface area (Å²) in [7, 11) is 0. The van der Waals surface area contributed by atoms with Crippen LogP contribution in [0.15, 0.2) is 0 Å². The highest BCUT2D eigenvalue weighted by Gasteiger charge is 2.24. The first-order valence-electron chi connectivity index (χ1n) is 5.77. The van der Waals surface area contributed by atoms with E-state index in [-0.39, 0.29) is 0 Å². The predicted molar refractivity (Wildman–Crippen MR) is 57.2 cm³/mol. The fraction of sp³-hybridized carbons (Fsp3) is 0.900. The summed E-state index contributed by atoms with van der Waals surface area (Å²) in [4.78, 5) is 0. The molecule has 1 aliphatic carbocycles. The smallest absolute Gasteiger partial charge is 0.154 e. The molecule has 0 unspecified atom stereocenters. The summed E-state index contributed by atoms with van der Waals surface area (Å²) >= 11 is 0. The zero-order valence-electron chi connectivity index (χ0n) is 9.26. The summed E-state index contributed by atoms with van der Waals surface area (Å²) in [6, 6.07) is 0. The van der Waals surface area contributed by atoms with E-state index in [1.807, 2.05) is 4.68 Å². The highest BCUT2D eigenvalue weighted by atomic mass is 15.5. The van der Waals surface area contributed by atoms with Crippen LogP contribution in [0.5, 0.6) is 0 Å². The maximum Gasteiger partial charge on any atom is 0.154 e. The molecule has 1 aliphatic rings. The Bertz CT molecular complexity index is 301. The van der Waals surface area contributed by atoms with Crippen molar-refractivity contribution >= 4 is 0 Å². The molecule has 1 aromatic heterocycles. The minimum atomic E-state index is 0.544. The van der Waals surface area contributed by atoms with E-state index in [1.165, 1.54) is 25.7 Å². The fourth-order valence-corrected chi connectivity index (χ4v) is 2.30. The third-order valence-electron chi connectivity index (χ3n) is 3.28. The van der Waals surface area contributed by atoms with Crippen molar-refractivity contribution in [3.63, 3.8) is 0 Å². The normalized spacial score (nSPS) is 26.8. The SMILES string of the molecule is CC1CCC(c2nnnn2CCN)CC1. The van der Waals surface area contributed by atoms with Gasteiger partial charge in [-0.25, -0.2) is 4.68 Å². The van der Waals surface area contributed by atoms with Crippen molar-refractivity contribution in [2.24, 2.45) is 11.7 Å². The summed E-state index contributed by atoms with van der Waals surface area (Å²) < 4.78 is 1.86. The first-order valence-corrected chi connectivity index (χ1v) is 5.77. The third kappa shape index (κ3) is 2.34. The summed E-state index contributed by atoms with van der Waals surface area (Å²) in [6.07, 6.45) is 5.01. The molecule has 5 nitrogen and oxygen atoms in total. The standard InChI is InChI=1S/C10H19N5/c1-8-2-4-9(5-3-8)10-12-13-14-15(10)7-6-11/h8-9H,2-7,11H2,1H3. The molecular formula is C10H19N5. The lowest BCUT2D eigenvalue weighted by atomic mass is 9.82. The summed E-state index contributed by atoms with van der Waals surface area (Å²) in [6.45, 7) is 3.65. The van der Waals surface area contributed by atoms with Gasteiger partial charge in [-0.15, -0.1) is 5.10 Å². The Morgan fingerprint density at radius 1 is 1.33 bits per heavy atom. The van der Waals surface area contributed by atoms with Crippen LogP contribution in [0.2, 0.25) is 0 Å². The fourth-order valence-electron chi connectivity index (χ4n) is 2.30. The predicted octanol–water partition coefficient (Wildman–Crippen LogP) is 0.925. The van der Waals surface area contributed by atoms with Gasteiger partial charge in [0.2, 0.25) is 0 Å². The first kappa shape index (κ1) is 10.5. The van der Waals surface area contributed by atoms with E-state index >= 15 is 0 Å². The minimum absolute atomic E-state index is 0.544. The van der Waals surface area contributed by atoms with Crippen LogP contribution in [0.1, 0.15) is 44.3 Å². The average Bonchev–Trinajstić information content (AvgIpc) is 2.68. The molecule has 2 N–H and O–H groups in total. The number of tetrazole rings is 1. The molecule has 2 rings (SSSR count). The molecule has 0 atom stereocenters. The van der Waals surface area contributed by atoms with Crippen molar-refractivity contribution in [3.05, 3.63) is 5.82 Å². The molecule has 5 heteroatoms. The van der Waals surface area contributed by atoms with E-state index in [9.17, 15) is 0 Å². The molecule has 0 amide bonds. The van der Waals surface area contributed by atoms with Gasteiger partial charge in [0.05, 0.1) is 6.54 Å². The summed E-state index contributed by atoms with van der Waals surface area (Å²) in [5.74, 6) is 2.44.